The zero-order valence-corrected chi connectivity index (χ0v) is 15.2. The molecule has 3 rings (SSSR count). The van der Waals surface area contributed by atoms with E-state index < -0.39 is 0 Å². The molecule has 3 heterocycles. The number of hydrogen-bond donors (Lipinski definition) is 2. The third-order valence-electron chi connectivity index (χ3n) is 3.00. The smallest absolute Gasteiger partial charge is 0.0794 e. The molecule has 1 saturated heterocycles. The Morgan fingerprint density at radius 1 is 1.57 bits per heavy atom. The summed E-state index contributed by atoms with van der Waals surface area (Å²) in [7, 11) is 0. The number of rotatable bonds is 4. The van der Waals surface area contributed by atoms with Crippen molar-refractivity contribution in [1.82, 2.24) is 15.6 Å². The standard InChI is InChI=1S/C8H12N2S.C4H6N2.C4H7NS/c1-2-7(9-3-1)4-8-5-11-6-10-8;1-2-6-4-3-5-1;1-5-3-4-6-2/h5-7,9H,1-4H2;1-3,6H,4H2;3-4H,1H2,2H3/b;;4-3-. The lowest BCUT2D eigenvalue weighted by Gasteiger charge is -2.06. The van der Waals surface area contributed by atoms with Gasteiger partial charge in [-0.15, -0.1) is 23.1 Å². The minimum atomic E-state index is 0.692. The average molecular weight is 352 g/mol. The van der Waals surface area contributed by atoms with Crippen molar-refractivity contribution >= 4 is 36.0 Å². The molecule has 0 spiro atoms. The molecule has 1 aromatic heterocycles. The number of nitrogens with one attached hydrogen (secondary N) is 2. The maximum absolute atomic E-state index is 4.26. The average Bonchev–Trinajstić information content (AvgIpc) is 3.30. The fourth-order valence-corrected chi connectivity index (χ4v) is 2.73. The van der Waals surface area contributed by atoms with Crippen LogP contribution in [0.5, 0.6) is 0 Å². The van der Waals surface area contributed by atoms with Gasteiger partial charge in [0.25, 0.3) is 0 Å². The first-order valence-corrected chi connectivity index (χ1v) is 9.74. The Morgan fingerprint density at radius 2 is 2.48 bits per heavy atom. The molecule has 1 fully saturated rings. The number of aliphatic imine (C=N–C) groups is 2. The van der Waals surface area contributed by atoms with E-state index in [2.05, 4.69) is 37.7 Å². The summed E-state index contributed by atoms with van der Waals surface area (Å²) in [5, 5.41) is 10.4. The van der Waals surface area contributed by atoms with Crippen molar-refractivity contribution in [2.45, 2.75) is 25.3 Å². The van der Waals surface area contributed by atoms with Crippen LogP contribution in [0.1, 0.15) is 18.5 Å². The Morgan fingerprint density at radius 3 is 2.87 bits per heavy atom. The fraction of sp³-hybridized carbons (Fsp3) is 0.438. The number of aromatic nitrogens is 1. The molecule has 5 nitrogen and oxygen atoms in total. The first-order chi connectivity index (χ1) is 11.4. The summed E-state index contributed by atoms with van der Waals surface area (Å²) < 4.78 is 0. The Balaban J connectivity index is 0.000000189. The van der Waals surface area contributed by atoms with E-state index in [1.807, 2.05) is 29.6 Å². The van der Waals surface area contributed by atoms with Gasteiger partial charge < -0.3 is 10.6 Å². The molecular formula is C16H25N5S2. The van der Waals surface area contributed by atoms with Crippen molar-refractivity contribution in [3.05, 3.63) is 40.6 Å². The summed E-state index contributed by atoms with van der Waals surface area (Å²) in [6.07, 6.45) is 12.8. The van der Waals surface area contributed by atoms with E-state index in [9.17, 15) is 0 Å². The highest BCUT2D eigenvalue weighted by atomic mass is 32.2. The van der Waals surface area contributed by atoms with Crippen LogP contribution in [0.25, 0.3) is 0 Å². The lowest BCUT2D eigenvalue weighted by Crippen LogP contribution is -2.23. The van der Waals surface area contributed by atoms with E-state index in [4.69, 9.17) is 0 Å². The summed E-state index contributed by atoms with van der Waals surface area (Å²) in [5.74, 6) is 0. The molecule has 126 valence electrons. The van der Waals surface area contributed by atoms with Gasteiger partial charge in [-0.3, -0.25) is 9.98 Å². The minimum Gasteiger partial charge on any atom is -0.385 e. The van der Waals surface area contributed by atoms with Crippen LogP contribution in [-0.2, 0) is 6.42 Å². The summed E-state index contributed by atoms with van der Waals surface area (Å²) in [4.78, 5) is 11.5. The van der Waals surface area contributed by atoms with Crippen molar-refractivity contribution in [2.75, 3.05) is 19.3 Å². The molecule has 1 atom stereocenters. The lowest BCUT2D eigenvalue weighted by atomic mass is 10.1. The van der Waals surface area contributed by atoms with Gasteiger partial charge in [0.15, 0.2) is 0 Å². The molecule has 1 unspecified atom stereocenters. The second-order valence-electron chi connectivity index (χ2n) is 4.74. The van der Waals surface area contributed by atoms with Crippen molar-refractivity contribution < 1.29 is 0 Å². The van der Waals surface area contributed by atoms with Gasteiger partial charge in [-0.05, 0) is 37.8 Å². The van der Waals surface area contributed by atoms with Gasteiger partial charge in [0.1, 0.15) is 0 Å². The van der Waals surface area contributed by atoms with Crippen molar-refractivity contribution in [1.29, 1.82) is 0 Å². The highest BCUT2D eigenvalue weighted by Gasteiger charge is 2.14. The maximum Gasteiger partial charge on any atom is 0.0794 e. The molecule has 2 aliphatic heterocycles. The van der Waals surface area contributed by atoms with Crippen LogP contribution in [0.15, 0.2) is 44.9 Å². The Bertz CT molecular complexity index is 462. The van der Waals surface area contributed by atoms with Crippen LogP contribution < -0.4 is 10.6 Å². The van der Waals surface area contributed by atoms with E-state index in [0.717, 1.165) is 13.0 Å². The van der Waals surface area contributed by atoms with Crippen molar-refractivity contribution in [3.8, 4) is 0 Å². The normalized spacial score (nSPS) is 18.6. The predicted octanol–water partition coefficient (Wildman–Crippen LogP) is 3.09. The molecular weight excluding hydrogens is 326 g/mol. The van der Waals surface area contributed by atoms with Gasteiger partial charge in [-0.2, -0.15) is 0 Å². The minimum absolute atomic E-state index is 0.692. The zero-order valence-electron chi connectivity index (χ0n) is 13.5. The van der Waals surface area contributed by atoms with Crippen LogP contribution in [0, 0.1) is 0 Å². The maximum atomic E-state index is 4.26. The van der Waals surface area contributed by atoms with Crippen molar-refractivity contribution in [3.63, 3.8) is 0 Å². The highest BCUT2D eigenvalue weighted by Crippen LogP contribution is 2.11. The summed E-state index contributed by atoms with van der Waals surface area (Å²) >= 11 is 3.30. The van der Waals surface area contributed by atoms with Crippen LogP contribution >= 0.6 is 23.1 Å². The summed E-state index contributed by atoms with van der Waals surface area (Å²) in [5.41, 5.74) is 3.15. The fourth-order valence-electron chi connectivity index (χ4n) is 1.96. The monoisotopic (exact) mass is 351 g/mol. The van der Waals surface area contributed by atoms with Crippen molar-refractivity contribution in [2.24, 2.45) is 9.98 Å². The first kappa shape index (κ1) is 19.6. The molecule has 1 aromatic rings. The molecule has 7 heteroatoms. The molecule has 2 aliphatic rings. The van der Waals surface area contributed by atoms with Crippen LogP contribution in [-0.4, -0.2) is 43.3 Å². The number of hydrogen-bond acceptors (Lipinski definition) is 7. The van der Waals surface area contributed by atoms with Gasteiger partial charge >= 0.3 is 0 Å². The van der Waals surface area contributed by atoms with E-state index in [0.29, 0.717) is 6.04 Å². The van der Waals surface area contributed by atoms with E-state index in [1.165, 1.54) is 25.1 Å². The Kier molecular flexibility index (Phi) is 12.1. The molecule has 23 heavy (non-hydrogen) atoms. The number of thiazole rings is 1. The Hall–Kier alpha value is -1.44. The van der Waals surface area contributed by atoms with Gasteiger partial charge in [0.05, 0.1) is 11.2 Å². The van der Waals surface area contributed by atoms with Gasteiger partial charge in [-0.25, -0.2) is 4.98 Å². The third-order valence-corrected chi connectivity index (χ3v) is 4.03. The van der Waals surface area contributed by atoms with Gasteiger partial charge in [0, 0.05) is 49.2 Å². The van der Waals surface area contributed by atoms with E-state index in [1.54, 1.807) is 35.5 Å². The second-order valence-corrected chi connectivity index (χ2v) is 6.20. The van der Waals surface area contributed by atoms with E-state index >= 15 is 0 Å². The van der Waals surface area contributed by atoms with Crippen LogP contribution in [0.4, 0.5) is 0 Å². The zero-order chi connectivity index (χ0) is 16.6. The highest BCUT2D eigenvalue weighted by molar-refractivity contribution is 8.01. The summed E-state index contributed by atoms with van der Waals surface area (Å²) in [6.45, 7) is 5.31. The lowest BCUT2D eigenvalue weighted by molar-refractivity contribution is 0.597. The topological polar surface area (TPSA) is 61.7 Å². The summed E-state index contributed by atoms with van der Waals surface area (Å²) in [6, 6.07) is 0.692. The SMILES string of the molecule is C1=CNCC=N1.C=N/C=C\SC.c1nc(CC2CCCN2)cs1. The molecule has 0 bridgehead atoms. The predicted molar refractivity (Wildman–Crippen MR) is 105 cm³/mol. The van der Waals surface area contributed by atoms with Crippen LogP contribution in [0.2, 0.25) is 0 Å². The second kappa shape index (κ2) is 14.2. The van der Waals surface area contributed by atoms with Gasteiger partial charge in [0.2, 0.25) is 0 Å². The quantitative estimate of drug-likeness (QED) is 0.818. The first-order valence-electron chi connectivity index (χ1n) is 7.51. The molecule has 2 N–H and O–H groups in total. The molecule has 0 saturated carbocycles. The van der Waals surface area contributed by atoms with E-state index in [-0.39, 0.29) is 0 Å². The number of thioether (sulfide) groups is 1. The molecule has 0 radical (unpaired) electrons. The van der Waals surface area contributed by atoms with Gasteiger partial charge in [-0.1, -0.05) is 0 Å². The number of nitrogens with zero attached hydrogens (tertiary/aromatic N) is 3. The molecule has 0 amide bonds. The third kappa shape index (κ3) is 10.8. The van der Waals surface area contributed by atoms with Crippen LogP contribution in [0.3, 0.4) is 0 Å². The molecule has 0 aromatic carbocycles. The molecule has 0 aliphatic carbocycles. The largest absolute Gasteiger partial charge is 0.385 e. The Labute approximate surface area is 147 Å².